The number of ether oxygens (including phenoxy) is 1. The molecule has 0 aromatic heterocycles. The van der Waals surface area contributed by atoms with Crippen LogP contribution < -0.4 is 0 Å². The summed E-state index contributed by atoms with van der Waals surface area (Å²) < 4.78 is 17.6. The summed E-state index contributed by atoms with van der Waals surface area (Å²) in [5, 5.41) is 0. The van der Waals surface area contributed by atoms with Gasteiger partial charge in [0.15, 0.2) is 0 Å². The van der Waals surface area contributed by atoms with Crippen LogP contribution in [0.1, 0.15) is 18.1 Å². The molecule has 0 aliphatic carbocycles. The fraction of sp³-hybridized carbons (Fsp3) is 0.250. The monoisotopic (exact) mass is 208 g/mol. The van der Waals surface area contributed by atoms with E-state index in [0.29, 0.717) is 12.2 Å². The third kappa shape index (κ3) is 3.54. The molecule has 0 bridgehead atoms. The van der Waals surface area contributed by atoms with E-state index in [4.69, 9.17) is 4.74 Å². The summed E-state index contributed by atoms with van der Waals surface area (Å²) in [7, 11) is 0. The Bertz CT molecular complexity index is 383. The standard InChI is InChI=1S/C12H13FO2/c1-3-15-12(14)7-5-10-4-6-11(13)9(2)8-10/h4-8H,3H2,1-2H3/b7-5+. The van der Waals surface area contributed by atoms with Gasteiger partial charge in [0.2, 0.25) is 0 Å². The van der Waals surface area contributed by atoms with E-state index in [1.807, 2.05) is 0 Å². The predicted octanol–water partition coefficient (Wildman–Crippen LogP) is 2.71. The Balaban J connectivity index is 2.72. The summed E-state index contributed by atoms with van der Waals surface area (Å²) >= 11 is 0. The van der Waals surface area contributed by atoms with Crippen LogP contribution in [0, 0.1) is 12.7 Å². The van der Waals surface area contributed by atoms with E-state index < -0.39 is 0 Å². The van der Waals surface area contributed by atoms with Crippen molar-refractivity contribution in [3.63, 3.8) is 0 Å². The zero-order valence-electron chi connectivity index (χ0n) is 8.79. The molecule has 0 saturated carbocycles. The number of carbonyl (C=O) groups excluding carboxylic acids is 1. The van der Waals surface area contributed by atoms with Crippen LogP contribution in [0.3, 0.4) is 0 Å². The molecule has 0 heterocycles. The third-order valence-electron chi connectivity index (χ3n) is 1.88. The van der Waals surface area contributed by atoms with Crippen LogP contribution in [0.4, 0.5) is 4.39 Å². The highest BCUT2D eigenvalue weighted by Crippen LogP contribution is 2.10. The van der Waals surface area contributed by atoms with Crippen LogP contribution in [-0.2, 0) is 9.53 Å². The molecule has 0 N–H and O–H groups in total. The van der Waals surface area contributed by atoms with Crippen LogP contribution in [0.15, 0.2) is 24.3 Å². The van der Waals surface area contributed by atoms with Crippen molar-refractivity contribution in [3.05, 3.63) is 41.2 Å². The topological polar surface area (TPSA) is 26.3 Å². The molecule has 0 aliphatic rings. The van der Waals surface area contributed by atoms with Crippen molar-refractivity contribution in [2.45, 2.75) is 13.8 Å². The second-order valence-electron chi connectivity index (χ2n) is 3.09. The number of benzene rings is 1. The second-order valence-corrected chi connectivity index (χ2v) is 3.09. The first-order valence-corrected chi connectivity index (χ1v) is 4.74. The van der Waals surface area contributed by atoms with Crippen LogP contribution >= 0.6 is 0 Å². The van der Waals surface area contributed by atoms with Gasteiger partial charge >= 0.3 is 5.97 Å². The lowest BCUT2D eigenvalue weighted by Crippen LogP contribution is -1.98. The average Bonchev–Trinajstić information content (AvgIpc) is 2.20. The number of halogens is 1. The first kappa shape index (κ1) is 11.4. The minimum absolute atomic E-state index is 0.247. The maximum atomic E-state index is 12.9. The lowest BCUT2D eigenvalue weighted by atomic mass is 10.1. The minimum Gasteiger partial charge on any atom is -0.463 e. The predicted molar refractivity (Wildman–Crippen MR) is 56.8 cm³/mol. The molecule has 1 aromatic carbocycles. The van der Waals surface area contributed by atoms with Gasteiger partial charge in [-0.3, -0.25) is 0 Å². The quantitative estimate of drug-likeness (QED) is 0.564. The van der Waals surface area contributed by atoms with Crippen LogP contribution in [0.2, 0.25) is 0 Å². The van der Waals surface area contributed by atoms with Crippen LogP contribution in [0.5, 0.6) is 0 Å². The van der Waals surface area contributed by atoms with Crippen LogP contribution in [-0.4, -0.2) is 12.6 Å². The van der Waals surface area contributed by atoms with Gasteiger partial charge in [-0.15, -0.1) is 0 Å². The highest BCUT2D eigenvalue weighted by Gasteiger charge is 1.97. The zero-order valence-corrected chi connectivity index (χ0v) is 8.79. The van der Waals surface area contributed by atoms with Crippen molar-refractivity contribution < 1.29 is 13.9 Å². The molecule has 1 aromatic rings. The van der Waals surface area contributed by atoms with Crippen molar-refractivity contribution in [1.29, 1.82) is 0 Å². The number of rotatable bonds is 3. The van der Waals surface area contributed by atoms with Gasteiger partial charge in [0.1, 0.15) is 5.82 Å². The summed E-state index contributed by atoms with van der Waals surface area (Å²) in [5.41, 5.74) is 1.34. The summed E-state index contributed by atoms with van der Waals surface area (Å²) in [6.07, 6.45) is 2.93. The molecule has 0 saturated heterocycles. The normalized spacial score (nSPS) is 10.6. The Kier molecular flexibility index (Phi) is 4.03. The number of hydrogen-bond donors (Lipinski definition) is 0. The van der Waals surface area contributed by atoms with Crippen molar-refractivity contribution in [2.75, 3.05) is 6.61 Å². The maximum absolute atomic E-state index is 12.9. The lowest BCUT2D eigenvalue weighted by Gasteiger charge is -1.98. The summed E-state index contributed by atoms with van der Waals surface area (Å²) in [4.78, 5) is 11.0. The van der Waals surface area contributed by atoms with E-state index in [0.717, 1.165) is 5.56 Å². The summed E-state index contributed by atoms with van der Waals surface area (Å²) in [6, 6.07) is 4.66. The van der Waals surface area contributed by atoms with Gasteiger partial charge in [-0.25, -0.2) is 9.18 Å². The third-order valence-corrected chi connectivity index (χ3v) is 1.88. The highest BCUT2D eigenvalue weighted by molar-refractivity contribution is 5.87. The molecule has 2 nitrogen and oxygen atoms in total. The largest absolute Gasteiger partial charge is 0.463 e. The average molecular weight is 208 g/mol. The molecule has 1 rings (SSSR count). The number of aryl methyl sites for hydroxylation is 1. The number of esters is 1. The van der Waals surface area contributed by atoms with Gasteiger partial charge in [0, 0.05) is 6.08 Å². The smallest absolute Gasteiger partial charge is 0.330 e. The van der Waals surface area contributed by atoms with Gasteiger partial charge in [-0.1, -0.05) is 6.07 Å². The number of hydrogen-bond acceptors (Lipinski definition) is 2. The fourth-order valence-corrected chi connectivity index (χ4v) is 1.13. The Morgan fingerprint density at radius 3 is 2.87 bits per heavy atom. The molecule has 80 valence electrons. The van der Waals surface area contributed by atoms with Crippen molar-refractivity contribution in [1.82, 2.24) is 0 Å². The zero-order chi connectivity index (χ0) is 11.3. The lowest BCUT2D eigenvalue weighted by molar-refractivity contribution is -0.137. The van der Waals surface area contributed by atoms with Crippen molar-refractivity contribution in [2.24, 2.45) is 0 Å². The van der Waals surface area contributed by atoms with E-state index in [2.05, 4.69) is 0 Å². The molecule has 3 heteroatoms. The Hall–Kier alpha value is -1.64. The van der Waals surface area contributed by atoms with Gasteiger partial charge in [-0.05, 0) is 43.2 Å². The molecule has 0 amide bonds. The maximum Gasteiger partial charge on any atom is 0.330 e. The summed E-state index contributed by atoms with van der Waals surface area (Å²) in [5.74, 6) is -0.636. The van der Waals surface area contributed by atoms with Crippen molar-refractivity contribution in [3.8, 4) is 0 Å². The Morgan fingerprint density at radius 2 is 2.27 bits per heavy atom. The molecule has 15 heavy (non-hydrogen) atoms. The van der Waals surface area contributed by atoms with E-state index in [1.165, 1.54) is 12.1 Å². The van der Waals surface area contributed by atoms with Gasteiger partial charge in [0.25, 0.3) is 0 Å². The molecule has 0 fully saturated rings. The van der Waals surface area contributed by atoms with Gasteiger partial charge in [-0.2, -0.15) is 0 Å². The highest BCUT2D eigenvalue weighted by atomic mass is 19.1. The van der Waals surface area contributed by atoms with E-state index in [-0.39, 0.29) is 11.8 Å². The van der Waals surface area contributed by atoms with E-state index in [1.54, 1.807) is 32.1 Å². The molecule has 0 atom stereocenters. The number of carbonyl (C=O) groups is 1. The van der Waals surface area contributed by atoms with E-state index in [9.17, 15) is 9.18 Å². The SMILES string of the molecule is CCOC(=O)/C=C/c1ccc(F)c(C)c1. The first-order valence-electron chi connectivity index (χ1n) is 4.74. The Morgan fingerprint density at radius 1 is 1.53 bits per heavy atom. The molecule has 0 aliphatic heterocycles. The van der Waals surface area contributed by atoms with Gasteiger partial charge in [0.05, 0.1) is 6.61 Å². The minimum atomic E-state index is -0.389. The molecular formula is C12H13FO2. The van der Waals surface area contributed by atoms with E-state index >= 15 is 0 Å². The fourth-order valence-electron chi connectivity index (χ4n) is 1.13. The summed E-state index contributed by atoms with van der Waals surface area (Å²) in [6.45, 7) is 3.77. The molecule has 0 unspecified atom stereocenters. The molecule has 0 radical (unpaired) electrons. The molecular weight excluding hydrogens is 195 g/mol. The van der Waals surface area contributed by atoms with Crippen molar-refractivity contribution >= 4 is 12.0 Å². The van der Waals surface area contributed by atoms with Crippen LogP contribution in [0.25, 0.3) is 6.08 Å². The second kappa shape index (κ2) is 5.29. The Labute approximate surface area is 88.4 Å². The molecule has 0 spiro atoms. The van der Waals surface area contributed by atoms with Gasteiger partial charge < -0.3 is 4.74 Å². The first-order chi connectivity index (χ1) is 7.13.